The van der Waals surface area contributed by atoms with E-state index in [9.17, 15) is 4.79 Å². The van der Waals surface area contributed by atoms with Crippen molar-refractivity contribution in [3.05, 3.63) is 11.9 Å². The fraction of sp³-hybridized carbons (Fsp3) is 0.375. The fourth-order valence-corrected chi connectivity index (χ4v) is 0.991. The first-order valence-electron chi connectivity index (χ1n) is 4.42. The third-order valence-corrected chi connectivity index (χ3v) is 1.69. The molecule has 0 saturated carbocycles. The van der Waals surface area contributed by atoms with Crippen LogP contribution in [0.1, 0.15) is 5.82 Å². The lowest BCUT2D eigenvalue weighted by Gasteiger charge is -2.07. The number of hydrogen-bond donors (Lipinski definition) is 4. The van der Waals surface area contributed by atoms with Crippen LogP contribution in [0.25, 0.3) is 0 Å². The van der Waals surface area contributed by atoms with E-state index < -0.39 is 0 Å². The van der Waals surface area contributed by atoms with Gasteiger partial charge in [0.25, 0.3) is 0 Å². The molecule has 1 heterocycles. The largest absolute Gasteiger partial charge is 0.361 e. The molecule has 7 nitrogen and oxygen atoms in total. The van der Waals surface area contributed by atoms with Gasteiger partial charge in [-0.2, -0.15) is 0 Å². The molecule has 0 aliphatic heterocycles. The molecule has 0 aliphatic carbocycles. The molecule has 82 valence electrons. The van der Waals surface area contributed by atoms with Crippen LogP contribution in [-0.2, 0) is 4.79 Å². The minimum absolute atomic E-state index is 0.117. The summed E-state index contributed by atoms with van der Waals surface area (Å²) >= 11 is 0. The molecule has 15 heavy (non-hydrogen) atoms. The first-order chi connectivity index (χ1) is 7.15. The molecule has 0 unspecified atom stereocenters. The number of carbonyl (C=O) groups excluding carboxylic acids is 1. The average Bonchev–Trinajstić information content (AvgIpc) is 2.25. The van der Waals surface area contributed by atoms with Crippen LogP contribution in [-0.4, -0.2) is 29.5 Å². The zero-order valence-electron chi connectivity index (χ0n) is 8.66. The zero-order chi connectivity index (χ0) is 11.3. The number of amides is 1. The lowest BCUT2D eigenvalue weighted by molar-refractivity contribution is -0.118. The van der Waals surface area contributed by atoms with Crippen molar-refractivity contribution in [2.75, 3.05) is 24.3 Å². The van der Waals surface area contributed by atoms with Crippen LogP contribution in [0.5, 0.6) is 0 Å². The average molecular weight is 210 g/mol. The highest BCUT2D eigenvalue weighted by Crippen LogP contribution is 2.08. The van der Waals surface area contributed by atoms with Crippen molar-refractivity contribution in [1.29, 1.82) is 0 Å². The van der Waals surface area contributed by atoms with Crippen LogP contribution >= 0.6 is 0 Å². The first kappa shape index (κ1) is 11.2. The Morgan fingerprint density at radius 1 is 1.47 bits per heavy atom. The normalized spacial score (nSPS) is 9.53. The summed E-state index contributed by atoms with van der Waals surface area (Å²) in [6.07, 6.45) is 0. The third-order valence-electron chi connectivity index (χ3n) is 1.69. The first-order valence-corrected chi connectivity index (χ1v) is 4.42. The molecule has 1 amide bonds. The van der Waals surface area contributed by atoms with E-state index in [1.165, 1.54) is 0 Å². The van der Waals surface area contributed by atoms with Crippen LogP contribution in [0, 0.1) is 6.92 Å². The molecule has 0 radical (unpaired) electrons. The van der Waals surface area contributed by atoms with E-state index in [0.717, 1.165) is 0 Å². The van der Waals surface area contributed by atoms with E-state index in [1.807, 2.05) is 0 Å². The van der Waals surface area contributed by atoms with E-state index in [0.29, 0.717) is 17.5 Å². The Labute approximate surface area is 87.5 Å². The monoisotopic (exact) mass is 210 g/mol. The molecule has 0 aromatic carbocycles. The molecule has 1 aromatic heterocycles. The summed E-state index contributed by atoms with van der Waals surface area (Å²) < 4.78 is 0. The predicted molar refractivity (Wildman–Crippen MR) is 57.1 cm³/mol. The SMILES string of the molecule is CNC(=O)CNc1cc(NN)nc(C)n1. The molecule has 7 heteroatoms. The van der Waals surface area contributed by atoms with Gasteiger partial charge in [0.2, 0.25) is 5.91 Å². The topological polar surface area (TPSA) is 105 Å². The van der Waals surface area contributed by atoms with Gasteiger partial charge in [0.1, 0.15) is 17.5 Å². The van der Waals surface area contributed by atoms with Gasteiger partial charge in [-0.1, -0.05) is 0 Å². The molecule has 1 rings (SSSR count). The summed E-state index contributed by atoms with van der Waals surface area (Å²) in [6.45, 7) is 1.91. The van der Waals surface area contributed by atoms with Gasteiger partial charge in [-0.3, -0.25) is 4.79 Å². The lowest BCUT2D eigenvalue weighted by atomic mass is 10.4. The molecule has 0 bridgehead atoms. The van der Waals surface area contributed by atoms with Gasteiger partial charge in [-0.05, 0) is 6.92 Å². The van der Waals surface area contributed by atoms with Crippen molar-refractivity contribution in [3.63, 3.8) is 0 Å². The van der Waals surface area contributed by atoms with E-state index in [-0.39, 0.29) is 12.5 Å². The number of aryl methyl sites for hydroxylation is 1. The number of nitrogen functional groups attached to an aromatic ring is 1. The molecule has 0 aliphatic rings. The summed E-state index contributed by atoms with van der Waals surface area (Å²) in [5.41, 5.74) is 2.42. The Morgan fingerprint density at radius 3 is 2.73 bits per heavy atom. The third kappa shape index (κ3) is 3.39. The van der Waals surface area contributed by atoms with E-state index >= 15 is 0 Å². The van der Waals surface area contributed by atoms with E-state index in [2.05, 4.69) is 26.0 Å². The molecule has 5 N–H and O–H groups in total. The molecule has 0 spiro atoms. The number of anilines is 2. The number of nitrogens with one attached hydrogen (secondary N) is 3. The van der Waals surface area contributed by atoms with Gasteiger partial charge in [0.15, 0.2) is 0 Å². The number of hydrogen-bond acceptors (Lipinski definition) is 6. The summed E-state index contributed by atoms with van der Waals surface area (Å²) in [6, 6.07) is 1.62. The molecule has 1 aromatic rings. The molecular weight excluding hydrogens is 196 g/mol. The van der Waals surface area contributed by atoms with Crippen LogP contribution in [0.4, 0.5) is 11.6 Å². The van der Waals surface area contributed by atoms with Crippen molar-refractivity contribution >= 4 is 17.5 Å². The van der Waals surface area contributed by atoms with Gasteiger partial charge in [0.05, 0.1) is 6.54 Å². The zero-order valence-corrected chi connectivity index (χ0v) is 8.66. The number of carbonyl (C=O) groups is 1. The maximum atomic E-state index is 11.0. The number of aromatic nitrogens is 2. The minimum atomic E-state index is -0.117. The quantitative estimate of drug-likeness (QED) is 0.384. The predicted octanol–water partition coefficient (Wildman–Crippen LogP) is -0.771. The van der Waals surface area contributed by atoms with Crippen LogP contribution in [0.3, 0.4) is 0 Å². The van der Waals surface area contributed by atoms with E-state index in [4.69, 9.17) is 5.84 Å². The number of hydrazine groups is 1. The highest BCUT2D eigenvalue weighted by Gasteiger charge is 2.02. The van der Waals surface area contributed by atoms with Crippen LogP contribution in [0.2, 0.25) is 0 Å². The summed E-state index contributed by atoms with van der Waals surface area (Å²) in [4.78, 5) is 19.1. The molecule has 0 saturated heterocycles. The number of nitrogens with two attached hydrogens (primary N) is 1. The fourth-order valence-electron chi connectivity index (χ4n) is 0.991. The smallest absolute Gasteiger partial charge is 0.239 e. The maximum Gasteiger partial charge on any atom is 0.239 e. The van der Waals surface area contributed by atoms with Crippen molar-refractivity contribution in [2.45, 2.75) is 6.92 Å². The highest BCUT2D eigenvalue weighted by molar-refractivity contribution is 5.80. The summed E-state index contributed by atoms with van der Waals surface area (Å²) in [7, 11) is 1.57. The van der Waals surface area contributed by atoms with Crippen molar-refractivity contribution in [3.8, 4) is 0 Å². The number of rotatable bonds is 4. The second kappa shape index (κ2) is 5.11. The minimum Gasteiger partial charge on any atom is -0.361 e. The highest BCUT2D eigenvalue weighted by atomic mass is 16.1. The second-order valence-corrected chi connectivity index (χ2v) is 2.86. The van der Waals surface area contributed by atoms with E-state index in [1.54, 1.807) is 20.0 Å². The Morgan fingerprint density at radius 2 is 2.13 bits per heavy atom. The summed E-state index contributed by atoms with van der Waals surface area (Å²) in [5.74, 6) is 6.74. The second-order valence-electron chi connectivity index (χ2n) is 2.86. The Balaban J connectivity index is 2.68. The van der Waals surface area contributed by atoms with Crippen LogP contribution < -0.4 is 21.9 Å². The molecule has 0 fully saturated rings. The van der Waals surface area contributed by atoms with Crippen molar-refractivity contribution in [2.24, 2.45) is 5.84 Å². The Kier molecular flexibility index (Phi) is 3.81. The van der Waals surface area contributed by atoms with Gasteiger partial charge in [-0.15, -0.1) is 0 Å². The number of nitrogens with zero attached hydrogens (tertiary/aromatic N) is 2. The van der Waals surface area contributed by atoms with Gasteiger partial charge in [-0.25, -0.2) is 15.8 Å². The standard InChI is InChI=1S/C8H14N6O/c1-5-12-6(3-7(13-5)14-9)11-4-8(15)10-2/h3H,4,9H2,1-2H3,(H,10,15)(H2,11,12,13,14). The van der Waals surface area contributed by atoms with Crippen molar-refractivity contribution in [1.82, 2.24) is 15.3 Å². The van der Waals surface area contributed by atoms with Gasteiger partial charge < -0.3 is 16.1 Å². The Hall–Kier alpha value is -1.89. The van der Waals surface area contributed by atoms with Crippen molar-refractivity contribution < 1.29 is 4.79 Å². The lowest BCUT2D eigenvalue weighted by Crippen LogP contribution is -2.26. The van der Waals surface area contributed by atoms with Crippen LogP contribution in [0.15, 0.2) is 6.07 Å². The molecular formula is C8H14N6O. The maximum absolute atomic E-state index is 11.0. The number of likely N-dealkylation sites (N-methyl/N-ethyl adjacent to an activating group) is 1. The van der Waals surface area contributed by atoms with Gasteiger partial charge >= 0.3 is 0 Å². The molecule has 0 atom stereocenters. The Bertz CT molecular complexity index is 353. The summed E-state index contributed by atoms with van der Waals surface area (Å²) in [5, 5.41) is 5.35. The van der Waals surface area contributed by atoms with Gasteiger partial charge in [0, 0.05) is 13.1 Å².